The lowest BCUT2D eigenvalue weighted by molar-refractivity contribution is -0.245. The van der Waals surface area contributed by atoms with E-state index in [1.165, 1.54) is 6.92 Å². The molecule has 4 N–H and O–H groups in total. The number of hydrogen-bond acceptors (Lipinski definition) is 7. The molecule has 9 nitrogen and oxygen atoms in total. The van der Waals surface area contributed by atoms with Crippen molar-refractivity contribution in [3.05, 3.63) is 119 Å². The van der Waals surface area contributed by atoms with Gasteiger partial charge in [0.05, 0.1) is 18.8 Å². The first-order valence-corrected chi connectivity index (χ1v) is 17.9. The number of aliphatic hydroxyl groups excluding tert-OH is 1. The Morgan fingerprint density at radius 2 is 1.52 bits per heavy atom. The lowest BCUT2D eigenvalue weighted by atomic mass is 9.99. The number of aliphatic carboxylic acids is 1. The van der Waals surface area contributed by atoms with E-state index in [0.717, 1.165) is 56.1 Å². The first kappa shape index (κ1) is 36.8. The molecule has 1 heterocycles. The molecule has 5 rings (SSSR count). The molecule has 0 radical (unpaired) electrons. The third-order valence-electron chi connectivity index (χ3n) is 8.45. The molecule has 0 bridgehead atoms. The Hall–Kier alpha value is -4.48. The van der Waals surface area contributed by atoms with Crippen LogP contribution in [0.3, 0.4) is 0 Å². The highest BCUT2D eigenvalue weighted by molar-refractivity contribution is 7.99. The molecule has 50 heavy (non-hydrogen) atoms. The van der Waals surface area contributed by atoms with Crippen LogP contribution in [-0.2, 0) is 37.0 Å². The molecule has 4 aromatic rings. The molecule has 0 saturated carbocycles. The van der Waals surface area contributed by atoms with E-state index in [9.17, 15) is 19.5 Å². The van der Waals surface area contributed by atoms with Crippen molar-refractivity contribution in [2.45, 2.75) is 82.0 Å². The summed E-state index contributed by atoms with van der Waals surface area (Å²) in [6.07, 6.45) is 2.32. The fraction of sp³-hybridized carbons (Fsp3) is 0.325. The number of thioether (sulfide) groups is 1. The zero-order valence-electron chi connectivity index (χ0n) is 28.2. The number of ether oxygens (including phenoxy) is 2. The second-order valence-corrected chi connectivity index (χ2v) is 13.5. The highest BCUT2D eigenvalue weighted by atomic mass is 32.2. The molecule has 262 valence electrons. The maximum Gasteiger partial charge on any atom is 0.303 e. The maximum absolute atomic E-state index is 12.3. The van der Waals surface area contributed by atoms with E-state index in [4.69, 9.17) is 14.6 Å². The third kappa shape index (κ3) is 11.3. The van der Waals surface area contributed by atoms with Crippen molar-refractivity contribution in [2.24, 2.45) is 0 Å². The minimum absolute atomic E-state index is 0.0149. The number of carboxylic acids is 1. The summed E-state index contributed by atoms with van der Waals surface area (Å²) >= 11 is 1.70. The fourth-order valence-electron chi connectivity index (χ4n) is 5.77. The number of carbonyl (C=O) groups is 3. The Morgan fingerprint density at radius 1 is 0.800 bits per heavy atom. The second kappa shape index (κ2) is 18.5. The van der Waals surface area contributed by atoms with Crippen molar-refractivity contribution in [1.82, 2.24) is 5.32 Å². The summed E-state index contributed by atoms with van der Waals surface area (Å²) in [5.41, 5.74) is 6.60. The summed E-state index contributed by atoms with van der Waals surface area (Å²) in [6, 6.07) is 31.9. The quantitative estimate of drug-likeness (QED) is 0.0689. The average molecular weight is 697 g/mol. The van der Waals surface area contributed by atoms with Crippen molar-refractivity contribution in [1.29, 1.82) is 0 Å². The molecule has 2 amide bonds. The van der Waals surface area contributed by atoms with Gasteiger partial charge in [-0.25, -0.2) is 0 Å². The predicted octanol–water partition coefficient (Wildman–Crippen LogP) is 7.79. The van der Waals surface area contributed by atoms with Gasteiger partial charge in [0.2, 0.25) is 11.8 Å². The molecule has 0 aromatic heterocycles. The Labute approximate surface area is 297 Å². The number of carboxylic acid groups (broad SMARTS) is 1. The van der Waals surface area contributed by atoms with Gasteiger partial charge in [0.1, 0.15) is 0 Å². The van der Waals surface area contributed by atoms with Crippen LogP contribution in [0, 0.1) is 0 Å². The van der Waals surface area contributed by atoms with E-state index >= 15 is 0 Å². The van der Waals surface area contributed by atoms with Gasteiger partial charge in [-0.2, -0.15) is 0 Å². The van der Waals surface area contributed by atoms with Gasteiger partial charge in [-0.3, -0.25) is 14.4 Å². The summed E-state index contributed by atoms with van der Waals surface area (Å²) in [7, 11) is 0. The van der Waals surface area contributed by atoms with Crippen molar-refractivity contribution in [3.8, 4) is 11.1 Å². The summed E-state index contributed by atoms with van der Waals surface area (Å²) < 4.78 is 13.1. The van der Waals surface area contributed by atoms with Crippen LogP contribution in [-0.4, -0.2) is 39.9 Å². The van der Waals surface area contributed by atoms with Gasteiger partial charge in [-0.1, -0.05) is 73.2 Å². The lowest BCUT2D eigenvalue weighted by Gasteiger charge is -2.36. The molecule has 0 spiro atoms. The van der Waals surface area contributed by atoms with Crippen LogP contribution in [0.25, 0.3) is 11.1 Å². The van der Waals surface area contributed by atoms with Crippen molar-refractivity contribution < 1.29 is 34.1 Å². The number of benzene rings is 4. The minimum atomic E-state index is -0.807. The average Bonchev–Trinajstić information content (AvgIpc) is 3.13. The first-order chi connectivity index (χ1) is 24.2. The summed E-state index contributed by atoms with van der Waals surface area (Å²) in [5, 5.41) is 24.0. The van der Waals surface area contributed by atoms with Crippen LogP contribution in [0.5, 0.6) is 0 Å². The van der Waals surface area contributed by atoms with Crippen LogP contribution in [0.1, 0.15) is 80.1 Å². The Kier molecular flexibility index (Phi) is 13.6. The van der Waals surface area contributed by atoms with E-state index in [1.807, 2.05) is 78.9 Å². The molecular weight excluding hydrogens is 653 g/mol. The van der Waals surface area contributed by atoms with Crippen LogP contribution >= 0.6 is 11.8 Å². The number of carbonyl (C=O) groups excluding carboxylic acids is 2. The molecular formula is C40H44N2O7S. The third-order valence-corrected chi connectivity index (χ3v) is 9.60. The number of anilines is 1. The molecule has 3 atom stereocenters. The topological polar surface area (TPSA) is 134 Å². The van der Waals surface area contributed by atoms with E-state index < -0.39 is 12.3 Å². The van der Waals surface area contributed by atoms with Crippen LogP contribution in [0.4, 0.5) is 5.69 Å². The Bertz CT molecular complexity index is 1710. The molecule has 0 aliphatic carbocycles. The van der Waals surface area contributed by atoms with E-state index in [2.05, 4.69) is 28.8 Å². The van der Waals surface area contributed by atoms with Crippen molar-refractivity contribution in [3.63, 3.8) is 0 Å². The van der Waals surface area contributed by atoms with E-state index in [0.29, 0.717) is 32.2 Å². The predicted molar refractivity (Wildman–Crippen MR) is 194 cm³/mol. The second-order valence-electron chi connectivity index (χ2n) is 12.4. The number of rotatable bonds is 16. The first-order valence-electron chi connectivity index (χ1n) is 16.9. The smallest absolute Gasteiger partial charge is 0.303 e. The molecule has 1 fully saturated rings. The normalized spacial score (nSPS) is 17.2. The number of aliphatic hydroxyl groups is 1. The zero-order valence-corrected chi connectivity index (χ0v) is 29.0. The van der Waals surface area contributed by atoms with Gasteiger partial charge >= 0.3 is 5.97 Å². The van der Waals surface area contributed by atoms with Gasteiger partial charge in [-0.15, -0.1) is 11.8 Å². The number of unbranched alkanes of at least 4 members (excludes halogenated alkanes) is 2. The Morgan fingerprint density at radius 3 is 2.22 bits per heavy atom. The largest absolute Gasteiger partial charge is 0.481 e. The van der Waals surface area contributed by atoms with Crippen LogP contribution < -0.4 is 10.6 Å². The van der Waals surface area contributed by atoms with E-state index in [1.54, 1.807) is 11.8 Å². The molecule has 1 aliphatic heterocycles. The number of amides is 2. The molecule has 4 aromatic carbocycles. The summed E-state index contributed by atoms with van der Waals surface area (Å²) in [6.45, 7) is 1.90. The Balaban J connectivity index is 1.22. The van der Waals surface area contributed by atoms with E-state index in [-0.39, 0.29) is 37.0 Å². The van der Waals surface area contributed by atoms with Crippen LogP contribution in [0.15, 0.2) is 102 Å². The highest BCUT2D eigenvalue weighted by Gasteiger charge is 2.32. The van der Waals surface area contributed by atoms with Gasteiger partial charge < -0.3 is 30.3 Å². The van der Waals surface area contributed by atoms with Crippen molar-refractivity contribution in [2.75, 3.05) is 11.1 Å². The van der Waals surface area contributed by atoms with Gasteiger partial charge in [0, 0.05) is 54.6 Å². The molecule has 10 heteroatoms. The number of nitrogens with one attached hydrogen (secondary N) is 2. The SMILES string of the molecule is CC(=O)Nc1ccc(SC[C@H]2C[C@@H](c3ccc(CO)cc3)O[C@@H](c3ccc(-c4cccc(CNC(=O)CCCCCC(=O)O)c4)cc3)O2)cc1. The minimum Gasteiger partial charge on any atom is -0.481 e. The summed E-state index contributed by atoms with van der Waals surface area (Å²) in [4.78, 5) is 35.4. The zero-order chi connectivity index (χ0) is 35.3. The lowest BCUT2D eigenvalue weighted by Crippen LogP contribution is -2.31. The number of hydrogen-bond donors (Lipinski definition) is 4. The van der Waals surface area contributed by atoms with Crippen molar-refractivity contribution >= 4 is 35.2 Å². The fourth-order valence-corrected chi connectivity index (χ4v) is 6.69. The summed E-state index contributed by atoms with van der Waals surface area (Å²) in [5.74, 6) is -0.232. The molecule has 1 aliphatic rings. The maximum atomic E-state index is 12.3. The van der Waals surface area contributed by atoms with Gasteiger partial charge in [0.15, 0.2) is 6.29 Å². The van der Waals surface area contributed by atoms with Gasteiger partial charge in [-0.05, 0) is 71.0 Å². The molecule has 1 saturated heterocycles. The standard InChI is InChI=1S/C40H44N2O7S/c1-27(44)42-34-18-20-36(21-19-34)50-26-35-23-37(31-12-10-28(25-43)11-13-31)49-40(48-35)32-16-14-30(15-17-32)33-7-5-6-29(22-33)24-41-38(45)8-3-2-4-9-39(46)47/h5-7,10-22,35,37,40,43H,2-4,8-9,23-26H2,1H3,(H,41,45)(H,42,44)(H,46,47)/t35-,37+,40+/m1/s1. The molecule has 0 unspecified atom stereocenters. The highest BCUT2D eigenvalue weighted by Crippen LogP contribution is 2.40. The van der Waals surface area contributed by atoms with Crippen LogP contribution in [0.2, 0.25) is 0 Å². The monoisotopic (exact) mass is 696 g/mol. The van der Waals surface area contributed by atoms with Gasteiger partial charge in [0.25, 0.3) is 0 Å².